The van der Waals surface area contributed by atoms with Crippen molar-refractivity contribution in [1.82, 2.24) is 10.3 Å². The van der Waals surface area contributed by atoms with Crippen LogP contribution in [-0.2, 0) is 0 Å². The highest BCUT2D eigenvalue weighted by molar-refractivity contribution is 7.99. The molecule has 4 heteroatoms. The largest absolute Gasteiger partial charge is 0.440 e. The molecule has 1 heterocycles. The number of thioether (sulfide) groups is 1. The second-order valence-electron chi connectivity index (χ2n) is 5.26. The molecular weight excluding hydrogens is 232 g/mol. The molecule has 17 heavy (non-hydrogen) atoms. The van der Waals surface area contributed by atoms with E-state index < -0.39 is 0 Å². The van der Waals surface area contributed by atoms with Crippen molar-refractivity contribution in [3.8, 4) is 0 Å². The van der Waals surface area contributed by atoms with Gasteiger partial charge in [0, 0.05) is 18.3 Å². The van der Waals surface area contributed by atoms with Crippen molar-refractivity contribution in [1.29, 1.82) is 0 Å². The van der Waals surface area contributed by atoms with E-state index in [9.17, 15) is 0 Å². The van der Waals surface area contributed by atoms with Crippen molar-refractivity contribution in [3.63, 3.8) is 0 Å². The predicted octanol–water partition coefficient (Wildman–Crippen LogP) is 2.85. The van der Waals surface area contributed by atoms with E-state index >= 15 is 0 Å². The fourth-order valence-corrected chi connectivity index (χ4v) is 3.11. The van der Waals surface area contributed by atoms with E-state index in [1.807, 2.05) is 6.92 Å². The summed E-state index contributed by atoms with van der Waals surface area (Å²) >= 11 is 1.71. The van der Waals surface area contributed by atoms with Gasteiger partial charge in [-0.15, -0.1) is 0 Å². The van der Waals surface area contributed by atoms with Crippen molar-refractivity contribution in [2.45, 2.75) is 43.9 Å². The second kappa shape index (κ2) is 5.02. The van der Waals surface area contributed by atoms with Crippen LogP contribution in [0.4, 0.5) is 0 Å². The Morgan fingerprint density at radius 3 is 2.65 bits per heavy atom. The van der Waals surface area contributed by atoms with Crippen LogP contribution < -0.4 is 5.32 Å². The minimum Gasteiger partial charge on any atom is -0.440 e. The Balaban J connectivity index is 1.36. The number of aromatic nitrogens is 1. The quantitative estimate of drug-likeness (QED) is 0.598. The van der Waals surface area contributed by atoms with Crippen LogP contribution in [-0.4, -0.2) is 23.3 Å². The van der Waals surface area contributed by atoms with Crippen molar-refractivity contribution in [3.05, 3.63) is 12.0 Å². The zero-order valence-corrected chi connectivity index (χ0v) is 11.1. The Morgan fingerprint density at radius 1 is 1.41 bits per heavy atom. The summed E-state index contributed by atoms with van der Waals surface area (Å²) in [6, 6.07) is 0.807. The number of nitrogens with zero attached hydrogens (tertiary/aromatic N) is 1. The molecule has 0 aliphatic heterocycles. The van der Waals surface area contributed by atoms with Crippen LogP contribution >= 0.6 is 11.8 Å². The molecule has 2 aliphatic rings. The van der Waals surface area contributed by atoms with E-state index in [-0.39, 0.29) is 0 Å². The van der Waals surface area contributed by atoms with Gasteiger partial charge >= 0.3 is 0 Å². The fourth-order valence-electron chi connectivity index (χ4n) is 2.39. The average molecular weight is 252 g/mol. The monoisotopic (exact) mass is 252 g/mol. The summed E-state index contributed by atoms with van der Waals surface area (Å²) in [6.45, 7) is 3.03. The molecule has 3 rings (SSSR count). The summed E-state index contributed by atoms with van der Waals surface area (Å²) in [5.74, 6) is 3.02. The molecule has 0 aromatic carbocycles. The summed E-state index contributed by atoms with van der Waals surface area (Å²) in [5.41, 5.74) is 0.967. The molecule has 1 aromatic heterocycles. The molecule has 0 saturated heterocycles. The Morgan fingerprint density at radius 2 is 2.12 bits per heavy atom. The Bertz CT molecular complexity index is 359. The van der Waals surface area contributed by atoms with Gasteiger partial charge in [-0.25, -0.2) is 4.98 Å². The van der Waals surface area contributed by atoms with Crippen molar-refractivity contribution in [2.24, 2.45) is 11.8 Å². The van der Waals surface area contributed by atoms with Crippen LogP contribution in [0, 0.1) is 18.8 Å². The van der Waals surface area contributed by atoms with Gasteiger partial charge in [-0.2, -0.15) is 0 Å². The lowest BCUT2D eigenvalue weighted by Gasteiger charge is -2.16. The minimum atomic E-state index is 0.804. The normalized spacial score (nSPS) is 20.1. The molecule has 0 spiro atoms. The number of hydrogen-bond donors (Lipinski definition) is 1. The lowest BCUT2D eigenvalue weighted by Crippen LogP contribution is -2.34. The fraction of sp³-hybridized carbons (Fsp3) is 0.769. The summed E-state index contributed by atoms with van der Waals surface area (Å²) in [5, 5.41) is 4.53. The summed E-state index contributed by atoms with van der Waals surface area (Å²) in [6.07, 6.45) is 7.49. The van der Waals surface area contributed by atoms with Gasteiger partial charge in [0.25, 0.3) is 5.22 Å². The number of aryl methyl sites for hydroxylation is 1. The van der Waals surface area contributed by atoms with Gasteiger partial charge in [-0.3, -0.25) is 0 Å². The predicted molar refractivity (Wildman–Crippen MR) is 69.2 cm³/mol. The first-order chi connectivity index (χ1) is 8.33. The van der Waals surface area contributed by atoms with Gasteiger partial charge in [0.1, 0.15) is 6.26 Å². The zero-order chi connectivity index (χ0) is 11.7. The third kappa shape index (κ3) is 3.26. The summed E-state index contributed by atoms with van der Waals surface area (Å²) in [4.78, 5) is 4.29. The Hall–Kier alpha value is -0.480. The minimum absolute atomic E-state index is 0.804. The molecule has 2 fully saturated rings. The smallest absolute Gasteiger partial charge is 0.255 e. The van der Waals surface area contributed by atoms with E-state index in [1.165, 1.54) is 25.7 Å². The summed E-state index contributed by atoms with van der Waals surface area (Å²) < 4.78 is 5.31. The lowest BCUT2D eigenvalue weighted by atomic mass is 10.1. The maximum Gasteiger partial charge on any atom is 0.255 e. The molecule has 0 radical (unpaired) electrons. The molecule has 3 nitrogen and oxygen atoms in total. The van der Waals surface area contributed by atoms with Gasteiger partial charge in [0.15, 0.2) is 0 Å². The van der Waals surface area contributed by atoms with Crippen molar-refractivity contribution >= 4 is 11.8 Å². The molecule has 0 amide bonds. The van der Waals surface area contributed by atoms with E-state index in [1.54, 1.807) is 18.0 Å². The van der Waals surface area contributed by atoms with Crippen molar-refractivity contribution < 1.29 is 4.42 Å². The second-order valence-corrected chi connectivity index (χ2v) is 6.30. The Labute approximate surface area is 107 Å². The lowest BCUT2D eigenvalue weighted by molar-refractivity contribution is 0.427. The van der Waals surface area contributed by atoms with Crippen LogP contribution in [0.25, 0.3) is 0 Å². The molecule has 2 aliphatic carbocycles. The third-order valence-corrected chi connectivity index (χ3v) is 4.41. The van der Waals surface area contributed by atoms with E-state index in [0.29, 0.717) is 0 Å². The molecule has 1 aromatic rings. The van der Waals surface area contributed by atoms with E-state index in [0.717, 1.165) is 41.1 Å². The molecule has 1 N–H and O–H groups in total. The SMILES string of the molecule is Cc1coc(SCCNC(C2CC2)C2CC2)n1. The van der Waals surface area contributed by atoms with Gasteiger partial charge < -0.3 is 9.73 Å². The zero-order valence-electron chi connectivity index (χ0n) is 10.3. The number of hydrogen-bond acceptors (Lipinski definition) is 4. The van der Waals surface area contributed by atoms with E-state index in [4.69, 9.17) is 4.42 Å². The average Bonchev–Trinajstić information content (AvgIpc) is 3.20. The van der Waals surface area contributed by atoms with Crippen LogP contribution in [0.5, 0.6) is 0 Å². The molecule has 0 bridgehead atoms. The highest BCUT2D eigenvalue weighted by Gasteiger charge is 2.40. The standard InChI is InChI=1S/C13H20N2OS/c1-9-8-16-13(15-9)17-7-6-14-12(10-2-3-10)11-4-5-11/h8,10-12,14H,2-7H2,1H3. The van der Waals surface area contributed by atoms with Gasteiger partial charge in [0.2, 0.25) is 0 Å². The molecular formula is C13H20N2OS. The van der Waals surface area contributed by atoms with Gasteiger partial charge in [0.05, 0.1) is 5.69 Å². The summed E-state index contributed by atoms with van der Waals surface area (Å²) in [7, 11) is 0. The molecule has 0 unspecified atom stereocenters. The molecule has 0 atom stereocenters. The number of nitrogens with one attached hydrogen (secondary N) is 1. The van der Waals surface area contributed by atoms with E-state index in [2.05, 4.69) is 10.3 Å². The first-order valence-corrected chi connectivity index (χ1v) is 7.60. The van der Waals surface area contributed by atoms with Crippen LogP contribution in [0.15, 0.2) is 15.9 Å². The Kier molecular flexibility index (Phi) is 3.43. The van der Waals surface area contributed by atoms with Crippen LogP contribution in [0.1, 0.15) is 31.4 Å². The topological polar surface area (TPSA) is 38.1 Å². The highest BCUT2D eigenvalue weighted by Crippen LogP contribution is 2.44. The van der Waals surface area contributed by atoms with Crippen LogP contribution in [0.3, 0.4) is 0 Å². The first kappa shape index (κ1) is 11.6. The molecule has 2 saturated carbocycles. The van der Waals surface area contributed by atoms with Crippen LogP contribution in [0.2, 0.25) is 0 Å². The molecule has 94 valence electrons. The number of rotatable bonds is 7. The van der Waals surface area contributed by atoms with Gasteiger partial charge in [-0.05, 0) is 44.4 Å². The highest BCUT2D eigenvalue weighted by atomic mass is 32.2. The maximum atomic E-state index is 5.31. The maximum absolute atomic E-state index is 5.31. The van der Waals surface area contributed by atoms with Crippen molar-refractivity contribution in [2.75, 3.05) is 12.3 Å². The first-order valence-electron chi connectivity index (χ1n) is 6.61. The number of oxazole rings is 1. The van der Waals surface area contributed by atoms with Gasteiger partial charge in [-0.1, -0.05) is 11.8 Å². The third-order valence-electron chi connectivity index (χ3n) is 3.57.